The molecule has 4 rings (SSSR count). The molecule has 0 saturated carbocycles. The second-order valence-corrected chi connectivity index (χ2v) is 5.55. The number of halogens is 1. The van der Waals surface area contributed by atoms with Gasteiger partial charge in [0.15, 0.2) is 17.8 Å². The van der Waals surface area contributed by atoms with E-state index in [1.807, 2.05) is 41.1 Å². The number of carbonyl (C=O) groups is 1. The smallest absolute Gasteiger partial charge is 0.231 e. The van der Waals surface area contributed by atoms with Gasteiger partial charge in [0.2, 0.25) is 6.79 Å². The van der Waals surface area contributed by atoms with Crippen molar-refractivity contribution in [2.75, 3.05) is 6.79 Å². The van der Waals surface area contributed by atoms with Crippen molar-refractivity contribution in [3.05, 3.63) is 58.7 Å². The maximum absolute atomic E-state index is 11.2. The quantitative estimate of drug-likeness (QED) is 0.689. The molecule has 0 radical (unpaired) electrons. The fraction of sp³-hybridized carbons (Fsp3) is 0.118. The lowest BCUT2D eigenvalue weighted by atomic mass is 10.2. The Bertz CT molecular complexity index is 885. The highest BCUT2D eigenvalue weighted by molar-refractivity contribution is 6.31. The first-order valence-corrected chi connectivity index (χ1v) is 7.25. The van der Waals surface area contributed by atoms with E-state index in [1.165, 1.54) is 0 Å². The van der Waals surface area contributed by atoms with Crippen LogP contribution in [-0.4, -0.2) is 17.6 Å². The Morgan fingerprint density at radius 1 is 1.18 bits per heavy atom. The minimum absolute atomic E-state index is 0.219. The number of nitrogens with zero attached hydrogens (tertiary/aromatic N) is 1. The maximum atomic E-state index is 11.2. The zero-order valence-electron chi connectivity index (χ0n) is 11.6. The third-order valence-corrected chi connectivity index (χ3v) is 4.18. The summed E-state index contributed by atoms with van der Waals surface area (Å²) in [6, 6.07) is 11.5. The minimum atomic E-state index is 0.219. The van der Waals surface area contributed by atoms with Crippen LogP contribution in [0.1, 0.15) is 15.9 Å². The van der Waals surface area contributed by atoms with Crippen LogP contribution in [0.5, 0.6) is 11.5 Å². The highest BCUT2D eigenvalue weighted by atomic mass is 35.5. The van der Waals surface area contributed by atoms with Gasteiger partial charge >= 0.3 is 0 Å². The molecular formula is C17H12ClNO3. The van der Waals surface area contributed by atoms with Crippen molar-refractivity contribution in [1.82, 2.24) is 4.57 Å². The Kier molecular flexibility index (Phi) is 3.05. The summed E-state index contributed by atoms with van der Waals surface area (Å²) in [5.74, 6) is 1.37. The van der Waals surface area contributed by atoms with Crippen molar-refractivity contribution < 1.29 is 14.3 Å². The maximum Gasteiger partial charge on any atom is 0.231 e. The van der Waals surface area contributed by atoms with Crippen LogP contribution < -0.4 is 9.47 Å². The molecule has 4 nitrogen and oxygen atoms in total. The highest BCUT2D eigenvalue weighted by Crippen LogP contribution is 2.37. The summed E-state index contributed by atoms with van der Waals surface area (Å²) in [6.45, 7) is 0.778. The summed E-state index contributed by atoms with van der Waals surface area (Å²) in [6.07, 6.45) is 2.72. The third kappa shape index (κ3) is 2.04. The number of rotatable bonds is 3. The van der Waals surface area contributed by atoms with E-state index in [0.29, 0.717) is 28.6 Å². The summed E-state index contributed by atoms with van der Waals surface area (Å²) >= 11 is 6.33. The Labute approximate surface area is 131 Å². The SMILES string of the molecule is O=Cc1cn(Cc2cc3c(cc2Cl)OCO3)c2ccccc12. The minimum Gasteiger partial charge on any atom is -0.454 e. The van der Waals surface area contributed by atoms with E-state index in [1.54, 1.807) is 6.07 Å². The van der Waals surface area contributed by atoms with Crippen molar-refractivity contribution in [2.24, 2.45) is 0 Å². The predicted octanol–water partition coefficient (Wildman–Crippen LogP) is 3.88. The van der Waals surface area contributed by atoms with Crippen LogP contribution in [0.25, 0.3) is 10.9 Å². The van der Waals surface area contributed by atoms with Crippen molar-refractivity contribution in [3.8, 4) is 11.5 Å². The second kappa shape index (κ2) is 5.07. The van der Waals surface area contributed by atoms with Gasteiger partial charge in [0, 0.05) is 40.3 Å². The fourth-order valence-electron chi connectivity index (χ4n) is 2.76. The second-order valence-electron chi connectivity index (χ2n) is 5.14. The van der Waals surface area contributed by atoms with E-state index < -0.39 is 0 Å². The molecule has 0 aliphatic carbocycles. The Balaban J connectivity index is 1.80. The summed E-state index contributed by atoms with van der Waals surface area (Å²) in [5, 5.41) is 1.56. The van der Waals surface area contributed by atoms with Crippen LogP contribution in [0.2, 0.25) is 5.02 Å². The topological polar surface area (TPSA) is 40.5 Å². The van der Waals surface area contributed by atoms with E-state index in [9.17, 15) is 4.79 Å². The van der Waals surface area contributed by atoms with E-state index in [4.69, 9.17) is 21.1 Å². The Hall–Kier alpha value is -2.46. The predicted molar refractivity (Wildman–Crippen MR) is 84.0 cm³/mol. The first-order valence-electron chi connectivity index (χ1n) is 6.87. The normalized spacial score (nSPS) is 12.8. The lowest BCUT2D eigenvalue weighted by molar-refractivity contribution is 0.112. The van der Waals surface area contributed by atoms with E-state index >= 15 is 0 Å². The van der Waals surface area contributed by atoms with Crippen LogP contribution in [0.3, 0.4) is 0 Å². The molecule has 1 aromatic heterocycles. The zero-order chi connectivity index (χ0) is 15.1. The van der Waals surface area contributed by atoms with Gasteiger partial charge in [0.05, 0.1) is 0 Å². The van der Waals surface area contributed by atoms with Crippen LogP contribution >= 0.6 is 11.6 Å². The van der Waals surface area contributed by atoms with Gasteiger partial charge in [-0.05, 0) is 17.7 Å². The number of aromatic nitrogens is 1. The number of para-hydroxylation sites is 1. The van der Waals surface area contributed by atoms with Crippen LogP contribution in [0, 0.1) is 0 Å². The molecule has 0 N–H and O–H groups in total. The molecule has 2 heterocycles. The third-order valence-electron chi connectivity index (χ3n) is 3.83. The molecule has 0 atom stereocenters. The molecule has 0 amide bonds. The van der Waals surface area contributed by atoms with E-state index in [0.717, 1.165) is 22.8 Å². The monoisotopic (exact) mass is 313 g/mol. The molecule has 0 bridgehead atoms. The van der Waals surface area contributed by atoms with Crippen molar-refractivity contribution in [3.63, 3.8) is 0 Å². The molecule has 0 fully saturated rings. The summed E-state index contributed by atoms with van der Waals surface area (Å²) in [5.41, 5.74) is 2.59. The lowest BCUT2D eigenvalue weighted by Gasteiger charge is -2.09. The molecule has 22 heavy (non-hydrogen) atoms. The largest absolute Gasteiger partial charge is 0.454 e. The number of fused-ring (bicyclic) bond motifs is 2. The first kappa shape index (κ1) is 13.2. The molecule has 1 aliphatic heterocycles. The van der Waals surface area contributed by atoms with Crippen molar-refractivity contribution in [2.45, 2.75) is 6.54 Å². The molecule has 0 spiro atoms. The lowest BCUT2D eigenvalue weighted by Crippen LogP contribution is -1.99. The van der Waals surface area contributed by atoms with Crippen molar-refractivity contribution >= 4 is 28.8 Å². The van der Waals surface area contributed by atoms with Gasteiger partial charge in [-0.1, -0.05) is 29.8 Å². The van der Waals surface area contributed by atoms with Crippen LogP contribution in [0.4, 0.5) is 0 Å². The molecular weight excluding hydrogens is 302 g/mol. The zero-order valence-corrected chi connectivity index (χ0v) is 12.3. The molecule has 0 saturated heterocycles. The Morgan fingerprint density at radius 3 is 2.77 bits per heavy atom. The van der Waals surface area contributed by atoms with Gasteiger partial charge in [-0.2, -0.15) is 0 Å². The molecule has 5 heteroatoms. The molecule has 3 aromatic rings. The number of hydrogen-bond acceptors (Lipinski definition) is 3. The van der Waals surface area contributed by atoms with Gasteiger partial charge in [-0.25, -0.2) is 0 Å². The fourth-order valence-corrected chi connectivity index (χ4v) is 2.98. The summed E-state index contributed by atoms with van der Waals surface area (Å²) in [7, 11) is 0. The van der Waals surface area contributed by atoms with E-state index in [2.05, 4.69) is 0 Å². The number of benzene rings is 2. The standard InChI is InChI=1S/C17H12ClNO3/c18-14-6-17-16(21-10-22-17)5-11(14)7-19-8-12(9-20)13-3-1-2-4-15(13)19/h1-6,8-9H,7,10H2. The van der Waals surface area contributed by atoms with Gasteiger partial charge in [-0.15, -0.1) is 0 Å². The average Bonchev–Trinajstić information content (AvgIpc) is 3.12. The van der Waals surface area contributed by atoms with Crippen LogP contribution in [-0.2, 0) is 6.54 Å². The number of hydrogen-bond donors (Lipinski definition) is 0. The average molecular weight is 314 g/mol. The van der Waals surface area contributed by atoms with Gasteiger partial charge in [-0.3, -0.25) is 4.79 Å². The van der Waals surface area contributed by atoms with Gasteiger partial charge in [0.25, 0.3) is 0 Å². The summed E-state index contributed by atoms with van der Waals surface area (Å²) < 4.78 is 12.7. The summed E-state index contributed by atoms with van der Waals surface area (Å²) in [4.78, 5) is 11.2. The van der Waals surface area contributed by atoms with Gasteiger partial charge < -0.3 is 14.0 Å². The molecule has 1 aliphatic rings. The number of aldehydes is 1. The highest BCUT2D eigenvalue weighted by Gasteiger charge is 2.17. The number of carbonyl (C=O) groups excluding carboxylic acids is 1. The number of ether oxygens (including phenoxy) is 2. The molecule has 2 aromatic carbocycles. The molecule has 110 valence electrons. The van der Waals surface area contributed by atoms with Crippen molar-refractivity contribution in [1.29, 1.82) is 0 Å². The first-order chi connectivity index (χ1) is 10.8. The van der Waals surface area contributed by atoms with Gasteiger partial charge in [0.1, 0.15) is 0 Å². The Morgan fingerprint density at radius 2 is 1.95 bits per heavy atom. The van der Waals surface area contributed by atoms with E-state index in [-0.39, 0.29) is 6.79 Å². The van der Waals surface area contributed by atoms with Crippen LogP contribution in [0.15, 0.2) is 42.6 Å². The molecule has 0 unspecified atom stereocenters.